The molecule has 16 heavy (non-hydrogen) atoms. The van der Waals surface area contributed by atoms with Crippen LogP contribution in [-0.4, -0.2) is 22.5 Å². The predicted octanol–water partition coefficient (Wildman–Crippen LogP) is 2.71. The zero-order valence-corrected chi connectivity index (χ0v) is 11.2. The van der Waals surface area contributed by atoms with E-state index in [2.05, 4.69) is 32.5 Å². The Morgan fingerprint density at radius 3 is 2.75 bits per heavy atom. The summed E-state index contributed by atoms with van der Waals surface area (Å²) in [6, 6.07) is 0. The maximum atomic E-state index is 4.65. The summed E-state index contributed by atoms with van der Waals surface area (Å²) in [7, 11) is 0. The summed E-state index contributed by atoms with van der Waals surface area (Å²) in [5, 5.41) is 5.46. The molecule has 3 nitrogen and oxygen atoms in total. The lowest BCUT2D eigenvalue weighted by molar-refractivity contribution is 0.454. The number of hydrogen-bond donors (Lipinski definition) is 1. The zero-order valence-electron chi connectivity index (χ0n) is 8.76. The summed E-state index contributed by atoms with van der Waals surface area (Å²) < 4.78 is 2.13. The number of halogens is 2. The van der Waals surface area contributed by atoms with Crippen LogP contribution in [0.15, 0.2) is 17.8 Å². The molecule has 1 N–H and O–H groups in total. The molecule has 1 fully saturated rings. The fourth-order valence-electron chi connectivity index (χ4n) is 2.06. The number of imidazole rings is 1. The van der Waals surface area contributed by atoms with Crippen molar-refractivity contribution in [2.24, 2.45) is 0 Å². The number of nitrogens with zero attached hydrogens (tertiary/aromatic N) is 2. The van der Waals surface area contributed by atoms with Crippen molar-refractivity contribution in [2.45, 2.75) is 18.8 Å². The van der Waals surface area contributed by atoms with Crippen LogP contribution >= 0.6 is 36.2 Å². The molecule has 1 aliphatic rings. The van der Waals surface area contributed by atoms with Gasteiger partial charge < -0.3 is 5.32 Å². The van der Waals surface area contributed by atoms with Gasteiger partial charge in [-0.1, -0.05) is 0 Å². The van der Waals surface area contributed by atoms with Crippen LogP contribution in [0.5, 0.6) is 0 Å². The van der Waals surface area contributed by atoms with E-state index in [4.69, 9.17) is 0 Å². The van der Waals surface area contributed by atoms with Crippen molar-refractivity contribution in [2.75, 3.05) is 13.1 Å². The van der Waals surface area contributed by atoms with Crippen LogP contribution in [-0.2, 0) is 0 Å². The Kier molecular flexibility index (Phi) is 5.05. The molecule has 0 radical (unpaired) electrons. The van der Waals surface area contributed by atoms with Crippen LogP contribution in [0, 0.1) is 0 Å². The summed E-state index contributed by atoms with van der Waals surface area (Å²) >= 11 is 1.71. The van der Waals surface area contributed by atoms with Gasteiger partial charge in [-0.15, -0.1) is 36.2 Å². The van der Waals surface area contributed by atoms with Gasteiger partial charge in [0.2, 0.25) is 0 Å². The number of fused-ring (bicyclic) bond motifs is 1. The molecule has 0 saturated carbocycles. The van der Waals surface area contributed by atoms with Crippen molar-refractivity contribution in [3.05, 3.63) is 23.5 Å². The van der Waals surface area contributed by atoms with Gasteiger partial charge in [-0.05, 0) is 25.9 Å². The van der Waals surface area contributed by atoms with Crippen LogP contribution in [0.25, 0.3) is 4.96 Å². The van der Waals surface area contributed by atoms with Gasteiger partial charge in [0.25, 0.3) is 0 Å². The van der Waals surface area contributed by atoms with Crippen LogP contribution in [0.3, 0.4) is 0 Å². The van der Waals surface area contributed by atoms with Crippen molar-refractivity contribution in [1.29, 1.82) is 0 Å². The van der Waals surface area contributed by atoms with E-state index in [1.807, 2.05) is 0 Å². The molecule has 0 unspecified atom stereocenters. The largest absolute Gasteiger partial charge is 0.317 e. The first kappa shape index (κ1) is 13.8. The second-order valence-electron chi connectivity index (χ2n) is 3.78. The lowest BCUT2D eigenvalue weighted by Crippen LogP contribution is -2.26. The molecule has 0 bridgehead atoms. The van der Waals surface area contributed by atoms with Crippen molar-refractivity contribution in [3.63, 3.8) is 0 Å². The smallest absolute Gasteiger partial charge is 0.193 e. The van der Waals surface area contributed by atoms with Gasteiger partial charge in [0.05, 0.1) is 5.69 Å². The topological polar surface area (TPSA) is 29.3 Å². The molecule has 1 aliphatic heterocycles. The minimum absolute atomic E-state index is 0. The monoisotopic (exact) mass is 279 g/mol. The average molecular weight is 280 g/mol. The van der Waals surface area contributed by atoms with Gasteiger partial charge in [-0.3, -0.25) is 4.40 Å². The van der Waals surface area contributed by atoms with E-state index in [1.54, 1.807) is 11.3 Å². The van der Waals surface area contributed by atoms with Gasteiger partial charge in [0.15, 0.2) is 4.96 Å². The second-order valence-corrected chi connectivity index (χ2v) is 4.66. The highest BCUT2D eigenvalue weighted by Gasteiger charge is 2.17. The Labute approximate surface area is 111 Å². The van der Waals surface area contributed by atoms with Crippen LogP contribution in [0.1, 0.15) is 24.5 Å². The maximum Gasteiger partial charge on any atom is 0.193 e. The Balaban J connectivity index is 0.000000640. The number of thiazole rings is 1. The Bertz CT molecular complexity index is 405. The summed E-state index contributed by atoms with van der Waals surface area (Å²) in [6.07, 6.45) is 6.72. The Hall–Kier alpha value is -0.290. The van der Waals surface area contributed by atoms with Gasteiger partial charge in [0, 0.05) is 23.7 Å². The average Bonchev–Trinajstić information content (AvgIpc) is 2.78. The van der Waals surface area contributed by atoms with Crippen LogP contribution in [0.4, 0.5) is 0 Å². The second kappa shape index (κ2) is 5.87. The van der Waals surface area contributed by atoms with E-state index in [-0.39, 0.29) is 24.8 Å². The number of nitrogens with one attached hydrogen (secondary N) is 1. The lowest BCUT2D eigenvalue weighted by Gasteiger charge is -2.20. The number of aromatic nitrogens is 2. The minimum atomic E-state index is 0. The molecule has 6 heteroatoms. The first-order valence-corrected chi connectivity index (χ1v) is 5.94. The van der Waals surface area contributed by atoms with E-state index >= 15 is 0 Å². The summed E-state index contributed by atoms with van der Waals surface area (Å²) in [5.74, 6) is 0.670. The fraction of sp³-hybridized carbons (Fsp3) is 0.500. The summed E-state index contributed by atoms with van der Waals surface area (Å²) in [5.41, 5.74) is 1.28. The van der Waals surface area contributed by atoms with E-state index in [1.165, 1.54) is 18.5 Å². The van der Waals surface area contributed by atoms with Gasteiger partial charge >= 0.3 is 0 Å². The number of piperidine rings is 1. The minimum Gasteiger partial charge on any atom is -0.317 e. The zero-order chi connectivity index (χ0) is 9.38. The molecule has 0 atom stereocenters. The number of rotatable bonds is 1. The van der Waals surface area contributed by atoms with Crippen LogP contribution < -0.4 is 5.32 Å². The lowest BCUT2D eigenvalue weighted by atomic mass is 9.95. The van der Waals surface area contributed by atoms with Gasteiger partial charge in [-0.2, -0.15) is 0 Å². The van der Waals surface area contributed by atoms with Crippen molar-refractivity contribution < 1.29 is 0 Å². The molecule has 1 saturated heterocycles. The fourth-order valence-corrected chi connectivity index (χ4v) is 2.77. The third-order valence-corrected chi connectivity index (χ3v) is 3.64. The SMILES string of the molecule is Cl.Cl.c1cn2cc(C3CCNCC3)nc2s1. The normalized spacial score (nSPS) is 16.8. The molecule has 2 aromatic heterocycles. The summed E-state index contributed by atoms with van der Waals surface area (Å²) in [6.45, 7) is 2.27. The van der Waals surface area contributed by atoms with Crippen LogP contribution in [0.2, 0.25) is 0 Å². The third kappa shape index (κ3) is 2.51. The quantitative estimate of drug-likeness (QED) is 0.870. The molecule has 0 spiro atoms. The molecule has 0 amide bonds. The Morgan fingerprint density at radius 1 is 1.31 bits per heavy atom. The highest BCUT2D eigenvalue weighted by molar-refractivity contribution is 7.15. The molecule has 0 aromatic carbocycles. The first-order valence-electron chi connectivity index (χ1n) is 5.06. The summed E-state index contributed by atoms with van der Waals surface area (Å²) in [4.78, 5) is 5.77. The molecular weight excluding hydrogens is 265 g/mol. The molecule has 3 rings (SSSR count). The van der Waals surface area contributed by atoms with Crippen molar-refractivity contribution in [1.82, 2.24) is 14.7 Å². The standard InChI is InChI=1S/C10H13N3S.2ClH/c1-3-11-4-2-8(1)9-7-13-5-6-14-10(13)12-9;;/h5-8,11H,1-4H2;2*1H. The highest BCUT2D eigenvalue weighted by Crippen LogP contribution is 2.25. The van der Waals surface area contributed by atoms with E-state index in [9.17, 15) is 0 Å². The predicted molar refractivity (Wildman–Crippen MR) is 72.4 cm³/mol. The number of hydrogen-bond acceptors (Lipinski definition) is 3. The first-order chi connectivity index (χ1) is 6.93. The highest BCUT2D eigenvalue weighted by atomic mass is 35.5. The van der Waals surface area contributed by atoms with Crippen molar-refractivity contribution in [3.8, 4) is 0 Å². The molecule has 0 aliphatic carbocycles. The molecular formula is C10H15Cl2N3S. The molecule has 3 heterocycles. The van der Waals surface area contributed by atoms with Gasteiger partial charge in [0.1, 0.15) is 0 Å². The van der Waals surface area contributed by atoms with E-state index in [0.717, 1.165) is 18.1 Å². The Morgan fingerprint density at radius 2 is 2.06 bits per heavy atom. The third-order valence-electron chi connectivity index (χ3n) is 2.87. The van der Waals surface area contributed by atoms with E-state index in [0.29, 0.717) is 5.92 Å². The van der Waals surface area contributed by atoms with Gasteiger partial charge in [-0.25, -0.2) is 4.98 Å². The molecule has 2 aromatic rings. The molecule has 90 valence electrons. The van der Waals surface area contributed by atoms with Crippen molar-refractivity contribution >= 4 is 41.1 Å². The maximum absolute atomic E-state index is 4.65. The van der Waals surface area contributed by atoms with E-state index < -0.39 is 0 Å².